The smallest absolute Gasteiger partial charge is 0.416 e. The summed E-state index contributed by atoms with van der Waals surface area (Å²) in [6, 6.07) is 12.0. The molecule has 0 amide bonds. The molecule has 2 aromatic rings. The molecule has 0 spiro atoms. The van der Waals surface area contributed by atoms with E-state index < -0.39 is 11.7 Å². The monoisotopic (exact) mass is 394 g/mol. The molecule has 2 aromatic carbocycles. The van der Waals surface area contributed by atoms with Gasteiger partial charge in [-0.15, -0.1) is 0 Å². The summed E-state index contributed by atoms with van der Waals surface area (Å²) in [4.78, 5) is 9.90. The molecule has 0 unspecified atom stereocenters. The van der Waals surface area contributed by atoms with E-state index in [-0.39, 0.29) is 6.61 Å². The van der Waals surface area contributed by atoms with Crippen LogP contribution >= 0.6 is 0 Å². The highest BCUT2D eigenvalue weighted by Gasteiger charge is 2.30. The van der Waals surface area contributed by atoms with Crippen LogP contribution in [0.5, 0.6) is 5.75 Å². The van der Waals surface area contributed by atoms with Gasteiger partial charge in [-0.3, -0.25) is 0 Å². The average Bonchev–Trinajstić information content (AvgIpc) is 2.67. The van der Waals surface area contributed by atoms with Gasteiger partial charge in [0.15, 0.2) is 0 Å². The van der Waals surface area contributed by atoms with Crippen molar-refractivity contribution in [2.24, 2.45) is 10.3 Å². The van der Waals surface area contributed by atoms with E-state index in [0.29, 0.717) is 29.3 Å². The highest BCUT2D eigenvalue weighted by atomic mass is 19.4. The van der Waals surface area contributed by atoms with Crippen molar-refractivity contribution in [1.29, 1.82) is 0 Å². The number of nitrogens with zero attached hydrogens (tertiary/aromatic N) is 2. The minimum atomic E-state index is -4.38. The molecule has 0 heterocycles. The molecule has 2 rings (SSSR count). The van der Waals surface area contributed by atoms with Gasteiger partial charge >= 0.3 is 6.18 Å². The van der Waals surface area contributed by atoms with E-state index in [9.17, 15) is 13.2 Å². The standard InChI is InChI=1S/C20H21F3N2O3/c1-4-28-25-19(14(2)24-26-3)16-8-10-18(11-9-16)27-13-15-6-5-7-17(12-15)20(21,22)23/h5-12H,4,13H2,1-3H3/b24-14+,25-19-. The SMILES string of the molecule is CCO/N=C(/C(C)=N/OC)c1ccc(OCc2cccc(C(F)(F)F)c2)cc1. The number of benzene rings is 2. The van der Waals surface area contributed by atoms with Crippen molar-refractivity contribution in [2.45, 2.75) is 26.6 Å². The molecule has 0 bridgehead atoms. The first kappa shape index (κ1) is 21.3. The predicted octanol–water partition coefficient (Wildman–Crippen LogP) is 5.05. The normalized spacial score (nSPS) is 12.6. The number of hydrogen-bond donors (Lipinski definition) is 0. The maximum atomic E-state index is 12.8. The van der Waals surface area contributed by atoms with E-state index in [1.807, 2.05) is 6.92 Å². The summed E-state index contributed by atoms with van der Waals surface area (Å²) in [6.07, 6.45) is -4.38. The first-order valence-corrected chi connectivity index (χ1v) is 8.52. The van der Waals surface area contributed by atoms with Crippen LogP contribution in [0.4, 0.5) is 13.2 Å². The number of halogens is 3. The lowest BCUT2D eigenvalue weighted by molar-refractivity contribution is -0.137. The van der Waals surface area contributed by atoms with Crippen LogP contribution in [0.2, 0.25) is 0 Å². The Morgan fingerprint density at radius 1 is 1.04 bits per heavy atom. The Labute approximate surface area is 161 Å². The molecule has 0 fully saturated rings. The highest BCUT2D eigenvalue weighted by Crippen LogP contribution is 2.29. The lowest BCUT2D eigenvalue weighted by Gasteiger charge is -2.11. The summed E-state index contributed by atoms with van der Waals surface area (Å²) >= 11 is 0. The first-order valence-electron chi connectivity index (χ1n) is 8.52. The van der Waals surface area contributed by atoms with Crippen molar-refractivity contribution < 1.29 is 27.6 Å². The molecule has 0 aliphatic heterocycles. The molecule has 0 aliphatic carbocycles. The van der Waals surface area contributed by atoms with Gasteiger partial charge in [-0.1, -0.05) is 22.4 Å². The quantitative estimate of drug-likeness (QED) is 0.465. The van der Waals surface area contributed by atoms with E-state index in [4.69, 9.17) is 14.4 Å². The number of oxime groups is 2. The second-order valence-electron chi connectivity index (χ2n) is 5.73. The van der Waals surface area contributed by atoms with E-state index in [1.165, 1.54) is 13.2 Å². The number of rotatable bonds is 8. The lowest BCUT2D eigenvalue weighted by atomic mass is 10.1. The predicted molar refractivity (Wildman–Crippen MR) is 100 cm³/mol. The minimum absolute atomic E-state index is 0.0212. The van der Waals surface area contributed by atoms with Gasteiger partial charge in [0, 0.05) is 5.56 Å². The van der Waals surface area contributed by atoms with E-state index in [2.05, 4.69) is 10.3 Å². The molecule has 28 heavy (non-hydrogen) atoms. The van der Waals surface area contributed by atoms with Gasteiger partial charge in [0.25, 0.3) is 0 Å². The van der Waals surface area contributed by atoms with E-state index in [0.717, 1.165) is 17.7 Å². The molecule has 5 nitrogen and oxygen atoms in total. The Kier molecular flexibility index (Phi) is 7.43. The molecule has 0 radical (unpaired) electrons. The van der Waals surface area contributed by atoms with Gasteiger partial charge in [-0.2, -0.15) is 13.2 Å². The Hall–Kier alpha value is -3.03. The topological polar surface area (TPSA) is 52.4 Å². The van der Waals surface area contributed by atoms with Crippen molar-refractivity contribution in [3.8, 4) is 5.75 Å². The minimum Gasteiger partial charge on any atom is -0.489 e. The van der Waals surface area contributed by atoms with Gasteiger partial charge in [0.2, 0.25) is 0 Å². The maximum absolute atomic E-state index is 12.8. The molecule has 0 saturated heterocycles. The Morgan fingerprint density at radius 2 is 1.75 bits per heavy atom. The molecule has 0 N–H and O–H groups in total. The molecule has 8 heteroatoms. The fourth-order valence-electron chi connectivity index (χ4n) is 2.35. The highest BCUT2D eigenvalue weighted by molar-refractivity contribution is 6.47. The second-order valence-corrected chi connectivity index (χ2v) is 5.73. The van der Waals surface area contributed by atoms with Crippen LogP contribution in [0.15, 0.2) is 58.8 Å². The summed E-state index contributed by atoms with van der Waals surface area (Å²) in [5, 5.41) is 7.91. The van der Waals surface area contributed by atoms with Crippen LogP contribution in [0.1, 0.15) is 30.5 Å². The third-order valence-electron chi connectivity index (χ3n) is 3.64. The summed E-state index contributed by atoms with van der Waals surface area (Å²) in [6.45, 7) is 3.98. The zero-order valence-electron chi connectivity index (χ0n) is 15.8. The molecular formula is C20H21F3N2O3. The van der Waals surface area contributed by atoms with Crippen molar-refractivity contribution in [3.05, 3.63) is 65.2 Å². The van der Waals surface area contributed by atoms with Crippen molar-refractivity contribution in [2.75, 3.05) is 13.7 Å². The Balaban J connectivity index is 2.11. The van der Waals surface area contributed by atoms with Gasteiger partial charge in [0.1, 0.15) is 37.5 Å². The average molecular weight is 394 g/mol. The van der Waals surface area contributed by atoms with E-state index >= 15 is 0 Å². The fourth-order valence-corrected chi connectivity index (χ4v) is 2.35. The van der Waals surface area contributed by atoms with Crippen LogP contribution in [0.3, 0.4) is 0 Å². The first-order chi connectivity index (χ1) is 13.3. The third kappa shape index (κ3) is 6.00. The summed E-state index contributed by atoms with van der Waals surface area (Å²) < 4.78 is 43.9. The van der Waals surface area contributed by atoms with Crippen LogP contribution in [0, 0.1) is 0 Å². The molecule has 0 saturated carbocycles. The molecule has 0 atom stereocenters. The third-order valence-corrected chi connectivity index (χ3v) is 3.64. The van der Waals surface area contributed by atoms with Crippen molar-refractivity contribution in [1.82, 2.24) is 0 Å². The zero-order chi connectivity index (χ0) is 20.6. The molecule has 0 aliphatic rings. The summed E-state index contributed by atoms with van der Waals surface area (Å²) in [5.41, 5.74) is 1.51. The maximum Gasteiger partial charge on any atom is 0.416 e. The number of alkyl halides is 3. The van der Waals surface area contributed by atoms with Crippen LogP contribution < -0.4 is 4.74 Å². The second kappa shape index (κ2) is 9.77. The largest absolute Gasteiger partial charge is 0.489 e. The van der Waals surface area contributed by atoms with Crippen LogP contribution in [0.25, 0.3) is 0 Å². The molecule has 150 valence electrons. The van der Waals surface area contributed by atoms with Crippen molar-refractivity contribution in [3.63, 3.8) is 0 Å². The van der Waals surface area contributed by atoms with Crippen LogP contribution in [-0.4, -0.2) is 25.1 Å². The van der Waals surface area contributed by atoms with Gasteiger partial charge in [0.05, 0.1) is 5.56 Å². The summed E-state index contributed by atoms with van der Waals surface area (Å²) in [7, 11) is 1.44. The Morgan fingerprint density at radius 3 is 2.36 bits per heavy atom. The van der Waals surface area contributed by atoms with Gasteiger partial charge < -0.3 is 14.4 Å². The Bertz CT molecular complexity index is 831. The van der Waals surface area contributed by atoms with Crippen LogP contribution in [-0.2, 0) is 22.5 Å². The van der Waals surface area contributed by atoms with Gasteiger partial charge in [-0.25, -0.2) is 0 Å². The zero-order valence-corrected chi connectivity index (χ0v) is 15.8. The van der Waals surface area contributed by atoms with E-state index in [1.54, 1.807) is 37.3 Å². The molecule has 0 aromatic heterocycles. The fraction of sp³-hybridized carbons (Fsp3) is 0.300. The summed E-state index contributed by atoms with van der Waals surface area (Å²) in [5.74, 6) is 0.512. The lowest BCUT2D eigenvalue weighted by Crippen LogP contribution is -2.13. The number of ether oxygens (including phenoxy) is 1. The van der Waals surface area contributed by atoms with Gasteiger partial charge in [-0.05, 0) is 55.8 Å². The molecular weight excluding hydrogens is 373 g/mol. The number of hydrogen-bond acceptors (Lipinski definition) is 5. The van der Waals surface area contributed by atoms with Crippen molar-refractivity contribution >= 4 is 11.4 Å².